The van der Waals surface area contributed by atoms with Gasteiger partial charge >= 0.3 is 0 Å². The maximum absolute atomic E-state index is 6.32. The minimum absolute atomic E-state index is 0.117. The van der Waals surface area contributed by atoms with Crippen molar-refractivity contribution in [2.75, 3.05) is 6.61 Å². The minimum Gasteiger partial charge on any atom is -0.376 e. The van der Waals surface area contributed by atoms with Crippen molar-refractivity contribution in [2.45, 2.75) is 53.7 Å². The molecule has 1 aliphatic rings. The van der Waals surface area contributed by atoms with Crippen LogP contribution < -0.4 is 5.73 Å². The predicted octanol–water partition coefficient (Wildman–Crippen LogP) is 2.42. The largest absolute Gasteiger partial charge is 0.376 e. The third-order valence-corrected chi connectivity index (χ3v) is 4.11. The predicted molar refractivity (Wildman–Crippen MR) is 60.1 cm³/mol. The van der Waals surface area contributed by atoms with Crippen LogP contribution in [0.25, 0.3) is 0 Å². The molecule has 1 saturated heterocycles. The molecule has 1 fully saturated rings. The molecule has 3 atom stereocenters. The van der Waals surface area contributed by atoms with Crippen LogP contribution in [0, 0.1) is 16.7 Å². The zero-order chi connectivity index (χ0) is 11.1. The van der Waals surface area contributed by atoms with Crippen molar-refractivity contribution in [3.8, 4) is 0 Å². The molecule has 84 valence electrons. The van der Waals surface area contributed by atoms with Crippen LogP contribution in [0.1, 0.15) is 41.5 Å². The Morgan fingerprint density at radius 1 is 1.36 bits per heavy atom. The Bertz CT molecular complexity index is 207. The summed E-state index contributed by atoms with van der Waals surface area (Å²) in [5.41, 5.74) is 6.64. The van der Waals surface area contributed by atoms with Crippen molar-refractivity contribution < 1.29 is 4.74 Å². The summed E-state index contributed by atoms with van der Waals surface area (Å²) in [5.74, 6) is 0.558. The fourth-order valence-electron chi connectivity index (χ4n) is 3.02. The molecule has 1 unspecified atom stereocenters. The Kier molecular flexibility index (Phi) is 2.99. The quantitative estimate of drug-likeness (QED) is 0.704. The number of hydrogen-bond donors (Lipinski definition) is 1. The van der Waals surface area contributed by atoms with Gasteiger partial charge in [0.2, 0.25) is 0 Å². The first-order valence-electron chi connectivity index (χ1n) is 5.60. The molecule has 1 rings (SSSR count). The van der Waals surface area contributed by atoms with Gasteiger partial charge in [0.25, 0.3) is 0 Å². The first kappa shape index (κ1) is 12.0. The van der Waals surface area contributed by atoms with Crippen molar-refractivity contribution in [1.82, 2.24) is 0 Å². The van der Waals surface area contributed by atoms with Crippen LogP contribution in [0.4, 0.5) is 0 Å². The minimum atomic E-state index is 0.117. The highest BCUT2D eigenvalue weighted by molar-refractivity contribution is 5.05. The van der Waals surface area contributed by atoms with Gasteiger partial charge in [-0.3, -0.25) is 0 Å². The van der Waals surface area contributed by atoms with Gasteiger partial charge < -0.3 is 10.5 Å². The van der Waals surface area contributed by atoms with Gasteiger partial charge in [0, 0.05) is 11.5 Å². The summed E-state index contributed by atoms with van der Waals surface area (Å²) in [6, 6.07) is 0.155. The summed E-state index contributed by atoms with van der Waals surface area (Å²) >= 11 is 0. The number of ether oxygens (including phenoxy) is 1. The number of rotatable bonds is 1. The summed E-state index contributed by atoms with van der Waals surface area (Å²) in [6.45, 7) is 14.2. The van der Waals surface area contributed by atoms with E-state index in [2.05, 4.69) is 41.5 Å². The van der Waals surface area contributed by atoms with Gasteiger partial charge in [-0.25, -0.2) is 0 Å². The molecule has 0 radical (unpaired) electrons. The standard InChI is InChI=1S/C12H25NO/c1-8(2)12(11(4,5)6)7-14-9(3)10(12)13/h8-10H,7,13H2,1-6H3/t9-,10+,12?/m0/s1. The third-order valence-electron chi connectivity index (χ3n) is 4.11. The van der Waals surface area contributed by atoms with Crippen molar-refractivity contribution >= 4 is 0 Å². The van der Waals surface area contributed by atoms with Crippen LogP contribution in [0.2, 0.25) is 0 Å². The highest BCUT2D eigenvalue weighted by atomic mass is 16.5. The molecule has 0 amide bonds. The molecule has 0 saturated carbocycles. The van der Waals surface area contributed by atoms with E-state index in [1.165, 1.54) is 0 Å². The highest BCUT2D eigenvalue weighted by Gasteiger charge is 2.54. The lowest BCUT2D eigenvalue weighted by Crippen LogP contribution is -2.54. The summed E-state index contributed by atoms with van der Waals surface area (Å²) in [7, 11) is 0. The van der Waals surface area contributed by atoms with Gasteiger partial charge in [0.1, 0.15) is 0 Å². The molecule has 0 aromatic carbocycles. The average Bonchev–Trinajstić information content (AvgIpc) is 2.28. The van der Waals surface area contributed by atoms with Crippen molar-refractivity contribution in [3.05, 3.63) is 0 Å². The van der Waals surface area contributed by atoms with Gasteiger partial charge in [0.15, 0.2) is 0 Å². The first-order chi connectivity index (χ1) is 6.23. The lowest BCUT2D eigenvalue weighted by molar-refractivity contribution is 0.00695. The van der Waals surface area contributed by atoms with Crippen LogP contribution in [0.3, 0.4) is 0 Å². The van der Waals surface area contributed by atoms with E-state index >= 15 is 0 Å². The van der Waals surface area contributed by atoms with Gasteiger partial charge in [0.05, 0.1) is 12.7 Å². The molecule has 0 aliphatic carbocycles. The molecule has 2 nitrogen and oxygen atoms in total. The van der Waals surface area contributed by atoms with Crippen molar-refractivity contribution in [3.63, 3.8) is 0 Å². The molecule has 0 aromatic heterocycles. The lowest BCUT2D eigenvalue weighted by Gasteiger charge is -2.47. The van der Waals surface area contributed by atoms with Crippen LogP contribution in [-0.2, 0) is 4.74 Å². The van der Waals surface area contributed by atoms with E-state index in [1.54, 1.807) is 0 Å². The summed E-state index contributed by atoms with van der Waals surface area (Å²) in [5, 5.41) is 0. The van der Waals surface area contributed by atoms with Gasteiger partial charge in [-0.1, -0.05) is 34.6 Å². The Balaban J connectivity index is 3.07. The molecule has 1 aliphatic heterocycles. The summed E-state index contributed by atoms with van der Waals surface area (Å²) < 4.78 is 5.74. The monoisotopic (exact) mass is 199 g/mol. The van der Waals surface area contributed by atoms with E-state index < -0.39 is 0 Å². The topological polar surface area (TPSA) is 35.2 Å². The summed E-state index contributed by atoms with van der Waals surface area (Å²) in [4.78, 5) is 0. The zero-order valence-electron chi connectivity index (χ0n) is 10.4. The molecule has 0 bridgehead atoms. The molecular formula is C12H25NO. The van der Waals surface area contributed by atoms with Gasteiger partial charge in [-0.2, -0.15) is 0 Å². The van der Waals surface area contributed by atoms with E-state index in [-0.39, 0.29) is 23.0 Å². The van der Waals surface area contributed by atoms with Gasteiger partial charge in [-0.05, 0) is 18.3 Å². The van der Waals surface area contributed by atoms with Crippen LogP contribution in [-0.4, -0.2) is 18.8 Å². The maximum Gasteiger partial charge on any atom is 0.0704 e. The first-order valence-corrected chi connectivity index (χ1v) is 5.60. The van der Waals surface area contributed by atoms with E-state index in [0.717, 1.165) is 6.61 Å². The zero-order valence-corrected chi connectivity index (χ0v) is 10.4. The second kappa shape index (κ2) is 3.49. The van der Waals surface area contributed by atoms with E-state index in [4.69, 9.17) is 10.5 Å². The molecule has 2 heteroatoms. The molecule has 0 aromatic rings. The SMILES string of the molecule is CC(C)C1(C(C)(C)C)CO[C@@H](C)[C@H]1N. The average molecular weight is 199 g/mol. The molecule has 0 spiro atoms. The Morgan fingerprint density at radius 3 is 2.00 bits per heavy atom. The second-order valence-corrected chi connectivity index (χ2v) is 5.99. The smallest absolute Gasteiger partial charge is 0.0704 e. The van der Waals surface area contributed by atoms with E-state index in [9.17, 15) is 0 Å². The molecule has 1 heterocycles. The Labute approximate surface area is 88.2 Å². The maximum atomic E-state index is 6.32. The van der Waals surface area contributed by atoms with Crippen molar-refractivity contribution in [2.24, 2.45) is 22.5 Å². The Morgan fingerprint density at radius 2 is 1.86 bits per heavy atom. The normalized spacial score (nSPS) is 39.4. The fraction of sp³-hybridized carbons (Fsp3) is 1.00. The van der Waals surface area contributed by atoms with Crippen LogP contribution in [0.15, 0.2) is 0 Å². The number of hydrogen-bond acceptors (Lipinski definition) is 2. The van der Waals surface area contributed by atoms with Crippen molar-refractivity contribution in [1.29, 1.82) is 0 Å². The van der Waals surface area contributed by atoms with Gasteiger partial charge in [-0.15, -0.1) is 0 Å². The van der Waals surface area contributed by atoms with E-state index in [0.29, 0.717) is 5.92 Å². The highest BCUT2D eigenvalue weighted by Crippen LogP contribution is 2.51. The summed E-state index contributed by atoms with van der Waals surface area (Å²) in [6.07, 6.45) is 0.191. The molecular weight excluding hydrogens is 174 g/mol. The fourth-order valence-corrected chi connectivity index (χ4v) is 3.02. The van der Waals surface area contributed by atoms with Crippen LogP contribution >= 0.6 is 0 Å². The molecule has 14 heavy (non-hydrogen) atoms. The van der Waals surface area contributed by atoms with E-state index in [1.807, 2.05) is 0 Å². The Hall–Kier alpha value is -0.0800. The third kappa shape index (κ3) is 1.49. The number of nitrogens with two attached hydrogens (primary N) is 1. The lowest BCUT2D eigenvalue weighted by atomic mass is 9.57. The van der Waals surface area contributed by atoms with Crippen LogP contribution in [0.5, 0.6) is 0 Å². The molecule has 2 N–H and O–H groups in total. The second-order valence-electron chi connectivity index (χ2n) is 5.99.